The Bertz CT molecular complexity index is 1430. The second-order valence-corrected chi connectivity index (χ2v) is 10.8. The first-order chi connectivity index (χ1) is 16.7. The molecule has 0 N–H and O–H groups in total. The molecule has 0 saturated heterocycles. The third kappa shape index (κ3) is 4.46. The van der Waals surface area contributed by atoms with E-state index in [1.807, 2.05) is 27.8 Å². The Balaban J connectivity index is 1.83. The Morgan fingerprint density at radius 3 is 2.00 bits per heavy atom. The zero-order valence-corrected chi connectivity index (χ0v) is 22.6. The van der Waals surface area contributed by atoms with Crippen LogP contribution in [0.2, 0.25) is 5.02 Å². The van der Waals surface area contributed by atoms with Gasteiger partial charge in [0.15, 0.2) is 5.65 Å². The van der Waals surface area contributed by atoms with Gasteiger partial charge >= 0.3 is 6.18 Å². The van der Waals surface area contributed by atoms with E-state index in [0.717, 1.165) is 16.6 Å². The molecule has 4 rings (SSSR count). The number of pyridine rings is 2. The van der Waals surface area contributed by atoms with Crippen molar-refractivity contribution in [3.63, 3.8) is 0 Å². The van der Waals surface area contributed by atoms with Crippen LogP contribution in [-0.4, -0.2) is 29.5 Å². The Kier molecular flexibility index (Phi) is 6.83. The summed E-state index contributed by atoms with van der Waals surface area (Å²) in [5, 5.41) is 11.2. The van der Waals surface area contributed by atoms with Crippen molar-refractivity contribution in [2.45, 2.75) is 84.9 Å². The SMILES string of the molecule is CC(C)c1nc2c(cc1C(F)(F)F)c(C(C)C)nn2CC(C)c1ncc2c(C(C)C)nn(C)c2c1Cl. The molecule has 0 amide bonds. The summed E-state index contributed by atoms with van der Waals surface area (Å²) >= 11 is 6.84. The van der Waals surface area contributed by atoms with E-state index in [2.05, 4.69) is 28.9 Å². The molecular weight excluding hydrogens is 489 g/mol. The highest BCUT2D eigenvalue weighted by Gasteiger charge is 2.36. The van der Waals surface area contributed by atoms with Crippen LogP contribution < -0.4 is 0 Å². The van der Waals surface area contributed by atoms with Gasteiger partial charge < -0.3 is 0 Å². The molecule has 10 heteroatoms. The fourth-order valence-electron chi connectivity index (χ4n) is 4.73. The van der Waals surface area contributed by atoms with Gasteiger partial charge in [0.25, 0.3) is 0 Å². The van der Waals surface area contributed by atoms with Crippen LogP contribution in [0.5, 0.6) is 0 Å². The largest absolute Gasteiger partial charge is 0.418 e. The van der Waals surface area contributed by atoms with Crippen molar-refractivity contribution in [3.8, 4) is 0 Å². The molecule has 0 bridgehead atoms. The van der Waals surface area contributed by atoms with Crippen molar-refractivity contribution in [2.75, 3.05) is 0 Å². The van der Waals surface area contributed by atoms with E-state index in [9.17, 15) is 13.2 Å². The summed E-state index contributed by atoms with van der Waals surface area (Å²) in [6.45, 7) is 13.8. The minimum atomic E-state index is -4.49. The minimum absolute atomic E-state index is 0.0211. The smallest absolute Gasteiger partial charge is 0.266 e. The molecule has 0 radical (unpaired) electrons. The van der Waals surface area contributed by atoms with Gasteiger partial charge in [-0.15, -0.1) is 0 Å². The number of rotatable bonds is 6. The quantitative estimate of drug-likeness (QED) is 0.263. The molecule has 4 heterocycles. The van der Waals surface area contributed by atoms with Gasteiger partial charge in [0.1, 0.15) is 0 Å². The number of hydrogen-bond donors (Lipinski definition) is 0. The summed E-state index contributed by atoms with van der Waals surface area (Å²) in [5.41, 5.74) is 2.80. The normalized spacial score (nSPS) is 13.8. The lowest BCUT2D eigenvalue weighted by molar-refractivity contribution is -0.138. The average Bonchev–Trinajstić information content (AvgIpc) is 3.30. The molecule has 0 aliphatic heterocycles. The molecule has 0 aliphatic rings. The summed E-state index contributed by atoms with van der Waals surface area (Å²) in [6.07, 6.45) is -2.68. The Labute approximate surface area is 213 Å². The number of hydrogen-bond acceptors (Lipinski definition) is 4. The molecule has 4 aromatic rings. The molecule has 0 aromatic carbocycles. The maximum Gasteiger partial charge on any atom is 0.418 e. The fraction of sp³-hybridized carbons (Fsp3) is 0.538. The minimum Gasteiger partial charge on any atom is -0.266 e. The van der Waals surface area contributed by atoms with Gasteiger partial charge in [0.05, 0.1) is 45.4 Å². The monoisotopic (exact) mass is 520 g/mol. The van der Waals surface area contributed by atoms with Crippen LogP contribution in [0.1, 0.15) is 100 Å². The maximum atomic E-state index is 13.9. The predicted molar refractivity (Wildman–Crippen MR) is 137 cm³/mol. The van der Waals surface area contributed by atoms with E-state index in [1.54, 1.807) is 29.4 Å². The van der Waals surface area contributed by atoms with Crippen LogP contribution in [0.25, 0.3) is 21.9 Å². The molecule has 1 atom stereocenters. The molecule has 0 spiro atoms. The van der Waals surface area contributed by atoms with Crippen molar-refractivity contribution in [2.24, 2.45) is 7.05 Å². The number of aryl methyl sites for hydroxylation is 1. The molecular formula is C26H32ClF3N6. The highest BCUT2D eigenvalue weighted by atomic mass is 35.5. The Hall–Kier alpha value is -2.68. The average molecular weight is 521 g/mol. The van der Waals surface area contributed by atoms with Crippen molar-refractivity contribution in [3.05, 3.63) is 45.6 Å². The third-order valence-electron chi connectivity index (χ3n) is 6.52. The highest BCUT2D eigenvalue weighted by Crippen LogP contribution is 2.39. The van der Waals surface area contributed by atoms with Crippen molar-refractivity contribution < 1.29 is 13.2 Å². The standard InChI is InChI=1S/C26H32ClF3N6/c1-12(2)20-16-9-18(26(28,29)30)22(14(5)6)32-25(16)36(34-20)11-15(7)23-19(27)24-17(10-31-23)21(13(3)4)33-35(24)8/h9-10,12-15H,11H2,1-8H3. The summed E-state index contributed by atoms with van der Waals surface area (Å²) in [4.78, 5) is 9.19. The Morgan fingerprint density at radius 1 is 0.861 bits per heavy atom. The summed E-state index contributed by atoms with van der Waals surface area (Å²) in [6, 6.07) is 1.21. The first-order valence-corrected chi connectivity index (χ1v) is 12.6. The first-order valence-electron chi connectivity index (χ1n) is 12.2. The van der Waals surface area contributed by atoms with E-state index in [4.69, 9.17) is 16.7 Å². The Morgan fingerprint density at radius 2 is 1.44 bits per heavy atom. The second-order valence-electron chi connectivity index (χ2n) is 10.5. The number of nitrogens with zero attached hydrogens (tertiary/aromatic N) is 6. The first kappa shape index (κ1) is 26.4. The molecule has 1 unspecified atom stereocenters. The van der Waals surface area contributed by atoms with E-state index in [1.165, 1.54) is 6.07 Å². The summed E-state index contributed by atoms with van der Waals surface area (Å²) < 4.78 is 45.1. The second kappa shape index (κ2) is 9.32. The van der Waals surface area contributed by atoms with Crippen LogP contribution in [0.3, 0.4) is 0 Å². The number of aromatic nitrogens is 6. The molecule has 194 valence electrons. The van der Waals surface area contributed by atoms with Crippen LogP contribution in [0.4, 0.5) is 13.2 Å². The zero-order chi connectivity index (χ0) is 26.7. The van der Waals surface area contributed by atoms with Gasteiger partial charge in [0, 0.05) is 29.9 Å². The molecule has 4 aromatic heterocycles. The molecule has 0 aliphatic carbocycles. The van der Waals surface area contributed by atoms with Crippen molar-refractivity contribution in [1.29, 1.82) is 0 Å². The van der Waals surface area contributed by atoms with Gasteiger partial charge in [-0.05, 0) is 23.8 Å². The molecule has 0 saturated carbocycles. The van der Waals surface area contributed by atoms with E-state index >= 15 is 0 Å². The van der Waals surface area contributed by atoms with Gasteiger partial charge in [-0.25, -0.2) is 9.67 Å². The lowest BCUT2D eigenvalue weighted by atomic mass is 10.00. The molecule has 36 heavy (non-hydrogen) atoms. The van der Waals surface area contributed by atoms with Crippen LogP contribution in [-0.2, 0) is 19.8 Å². The number of alkyl halides is 3. The van der Waals surface area contributed by atoms with E-state index in [0.29, 0.717) is 34.0 Å². The summed E-state index contributed by atoms with van der Waals surface area (Å²) in [7, 11) is 1.86. The van der Waals surface area contributed by atoms with E-state index in [-0.39, 0.29) is 23.4 Å². The van der Waals surface area contributed by atoms with E-state index < -0.39 is 17.7 Å². The van der Waals surface area contributed by atoms with Crippen LogP contribution in [0, 0.1) is 0 Å². The maximum absolute atomic E-state index is 13.9. The topological polar surface area (TPSA) is 61.4 Å². The van der Waals surface area contributed by atoms with Crippen LogP contribution in [0.15, 0.2) is 12.3 Å². The number of fused-ring (bicyclic) bond motifs is 2. The summed E-state index contributed by atoms with van der Waals surface area (Å²) in [5.74, 6) is -0.414. The van der Waals surface area contributed by atoms with Crippen LogP contribution >= 0.6 is 11.6 Å². The van der Waals surface area contributed by atoms with Gasteiger partial charge in [-0.3, -0.25) is 9.67 Å². The van der Waals surface area contributed by atoms with Gasteiger partial charge in [-0.1, -0.05) is 60.1 Å². The lowest BCUT2D eigenvalue weighted by Gasteiger charge is -2.17. The van der Waals surface area contributed by atoms with Crippen molar-refractivity contribution in [1.82, 2.24) is 29.5 Å². The van der Waals surface area contributed by atoms with Gasteiger partial charge in [0.2, 0.25) is 0 Å². The molecule has 0 fully saturated rings. The van der Waals surface area contributed by atoms with Gasteiger partial charge in [-0.2, -0.15) is 23.4 Å². The third-order valence-corrected chi connectivity index (χ3v) is 6.89. The zero-order valence-electron chi connectivity index (χ0n) is 21.9. The highest BCUT2D eigenvalue weighted by molar-refractivity contribution is 6.35. The molecule has 6 nitrogen and oxygen atoms in total. The van der Waals surface area contributed by atoms with Crippen molar-refractivity contribution >= 4 is 33.5 Å². The number of halogens is 4. The fourth-order valence-corrected chi connectivity index (χ4v) is 5.19. The lowest BCUT2D eigenvalue weighted by Crippen LogP contribution is -2.14. The predicted octanol–water partition coefficient (Wildman–Crippen LogP) is 7.56.